The molecular formula is C74H126O6. The van der Waals surface area contributed by atoms with Gasteiger partial charge in [0.2, 0.25) is 0 Å². The number of hydrogen-bond donors (Lipinski definition) is 0. The highest BCUT2D eigenvalue weighted by molar-refractivity contribution is 5.71. The number of rotatable bonds is 61. The first-order valence-corrected chi connectivity index (χ1v) is 33.9. The van der Waals surface area contributed by atoms with E-state index in [0.717, 1.165) is 122 Å². The van der Waals surface area contributed by atoms with Crippen molar-refractivity contribution in [2.75, 3.05) is 13.2 Å². The lowest BCUT2D eigenvalue weighted by Crippen LogP contribution is -2.30. The smallest absolute Gasteiger partial charge is 0.306 e. The predicted octanol–water partition coefficient (Wildman–Crippen LogP) is 23.4. The van der Waals surface area contributed by atoms with E-state index in [1.807, 2.05) is 0 Å². The van der Waals surface area contributed by atoms with Crippen LogP contribution in [0.25, 0.3) is 0 Å². The lowest BCUT2D eigenvalue weighted by Gasteiger charge is -2.18. The zero-order valence-electron chi connectivity index (χ0n) is 52.6. The normalized spacial score (nSPS) is 12.8. The summed E-state index contributed by atoms with van der Waals surface area (Å²) in [6.07, 6.45) is 92.9. The minimum atomic E-state index is -0.789. The summed E-state index contributed by atoms with van der Waals surface area (Å²) >= 11 is 0. The molecule has 0 saturated carbocycles. The fourth-order valence-corrected chi connectivity index (χ4v) is 9.50. The minimum Gasteiger partial charge on any atom is -0.462 e. The third-order valence-electron chi connectivity index (χ3n) is 14.5. The van der Waals surface area contributed by atoms with Gasteiger partial charge < -0.3 is 14.2 Å². The second kappa shape index (κ2) is 67.6. The molecule has 0 aliphatic carbocycles. The molecule has 0 radical (unpaired) electrons. The summed E-state index contributed by atoms with van der Waals surface area (Å²) in [6, 6.07) is 0. The van der Waals surface area contributed by atoms with E-state index in [0.29, 0.717) is 19.3 Å². The van der Waals surface area contributed by atoms with Crippen molar-refractivity contribution in [3.63, 3.8) is 0 Å². The lowest BCUT2D eigenvalue weighted by molar-refractivity contribution is -0.167. The van der Waals surface area contributed by atoms with Crippen LogP contribution >= 0.6 is 0 Å². The molecule has 1 unspecified atom stereocenters. The van der Waals surface area contributed by atoms with E-state index in [2.05, 4.69) is 130 Å². The lowest BCUT2D eigenvalue weighted by atomic mass is 10.0. The Morgan fingerprint density at radius 2 is 0.487 bits per heavy atom. The maximum atomic E-state index is 12.9. The van der Waals surface area contributed by atoms with Crippen molar-refractivity contribution in [2.45, 2.75) is 329 Å². The Kier molecular flexibility index (Phi) is 64.3. The fraction of sp³-hybridized carbons (Fsp3) is 0.716. The Labute approximate surface area is 495 Å². The van der Waals surface area contributed by atoms with Gasteiger partial charge in [-0.25, -0.2) is 0 Å². The summed E-state index contributed by atoms with van der Waals surface area (Å²) in [5.41, 5.74) is 0. The molecule has 0 rings (SSSR count). The molecule has 458 valence electrons. The molecule has 80 heavy (non-hydrogen) atoms. The fourth-order valence-electron chi connectivity index (χ4n) is 9.50. The van der Waals surface area contributed by atoms with Gasteiger partial charge in [-0.05, 0) is 89.9 Å². The second-order valence-corrected chi connectivity index (χ2v) is 22.4. The van der Waals surface area contributed by atoms with Gasteiger partial charge in [-0.15, -0.1) is 0 Å². The van der Waals surface area contributed by atoms with Crippen molar-refractivity contribution in [2.24, 2.45) is 0 Å². The van der Waals surface area contributed by atoms with E-state index in [9.17, 15) is 14.4 Å². The van der Waals surface area contributed by atoms with Crippen LogP contribution in [0, 0.1) is 0 Å². The van der Waals surface area contributed by atoms with Crippen molar-refractivity contribution in [1.29, 1.82) is 0 Å². The summed E-state index contributed by atoms with van der Waals surface area (Å²) in [5, 5.41) is 0. The third kappa shape index (κ3) is 64.9. The van der Waals surface area contributed by atoms with Crippen LogP contribution in [0.1, 0.15) is 323 Å². The topological polar surface area (TPSA) is 78.9 Å². The predicted molar refractivity (Wildman–Crippen MR) is 348 cm³/mol. The molecule has 0 aliphatic rings. The summed E-state index contributed by atoms with van der Waals surface area (Å²) in [4.78, 5) is 38.1. The highest BCUT2D eigenvalue weighted by atomic mass is 16.6. The summed E-state index contributed by atoms with van der Waals surface area (Å²) in [5.74, 6) is -0.921. The van der Waals surface area contributed by atoms with E-state index in [1.54, 1.807) is 0 Å². The average Bonchev–Trinajstić information content (AvgIpc) is 3.46. The molecule has 1 atom stereocenters. The highest BCUT2D eigenvalue weighted by Gasteiger charge is 2.19. The number of unbranched alkanes of at least 4 members (excludes halogenated alkanes) is 32. The second-order valence-electron chi connectivity index (χ2n) is 22.4. The first kappa shape index (κ1) is 76.1. The largest absolute Gasteiger partial charge is 0.462 e. The number of carbonyl (C=O) groups is 3. The van der Waals surface area contributed by atoms with Gasteiger partial charge in [-0.1, -0.05) is 323 Å². The van der Waals surface area contributed by atoms with Crippen LogP contribution in [0.2, 0.25) is 0 Å². The Balaban J connectivity index is 4.14. The zero-order chi connectivity index (χ0) is 57.8. The molecule has 0 aromatic heterocycles. The van der Waals surface area contributed by atoms with Crippen molar-refractivity contribution >= 4 is 17.9 Å². The highest BCUT2D eigenvalue weighted by Crippen LogP contribution is 2.17. The molecule has 0 saturated heterocycles. The van der Waals surface area contributed by atoms with Crippen molar-refractivity contribution in [3.05, 3.63) is 109 Å². The maximum Gasteiger partial charge on any atom is 0.306 e. The van der Waals surface area contributed by atoms with Crippen LogP contribution in [0.15, 0.2) is 109 Å². The first-order chi connectivity index (χ1) is 39.5. The summed E-state index contributed by atoms with van der Waals surface area (Å²) in [6.45, 7) is 6.47. The molecule has 0 spiro atoms. The Bertz CT molecular complexity index is 1610. The van der Waals surface area contributed by atoms with Crippen LogP contribution in [-0.4, -0.2) is 37.2 Å². The van der Waals surface area contributed by atoms with Gasteiger partial charge in [0.15, 0.2) is 6.10 Å². The Hall–Kier alpha value is -3.93. The van der Waals surface area contributed by atoms with Crippen LogP contribution in [0.5, 0.6) is 0 Å². The number of esters is 3. The summed E-state index contributed by atoms with van der Waals surface area (Å²) in [7, 11) is 0. The van der Waals surface area contributed by atoms with Crippen molar-refractivity contribution < 1.29 is 28.6 Å². The molecule has 0 aromatic rings. The molecule has 0 fully saturated rings. The number of hydrogen-bond acceptors (Lipinski definition) is 6. The van der Waals surface area contributed by atoms with Crippen LogP contribution in [0.3, 0.4) is 0 Å². The molecule has 0 aliphatic heterocycles. The molecule has 6 nitrogen and oxygen atoms in total. The third-order valence-corrected chi connectivity index (χ3v) is 14.5. The maximum absolute atomic E-state index is 12.9. The van der Waals surface area contributed by atoms with Gasteiger partial charge >= 0.3 is 17.9 Å². The van der Waals surface area contributed by atoms with Gasteiger partial charge in [-0.3, -0.25) is 14.4 Å². The van der Waals surface area contributed by atoms with E-state index in [-0.39, 0.29) is 31.1 Å². The van der Waals surface area contributed by atoms with Crippen molar-refractivity contribution in [3.8, 4) is 0 Å². The number of carbonyl (C=O) groups excluding carboxylic acids is 3. The van der Waals surface area contributed by atoms with Gasteiger partial charge in [0.05, 0.1) is 0 Å². The van der Waals surface area contributed by atoms with E-state index in [1.165, 1.54) is 161 Å². The van der Waals surface area contributed by atoms with E-state index < -0.39 is 6.10 Å². The molecule has 0 heterocycles. The molecule has 0 N–H and O–H groups in total. The Morgan fingerprint density at radius 1 is 0.263 bits per heavy atom. The van der Waals surface area contributed by atoms with Crippen molar-refractivity contribution in [1.82, 2.24) is 0 Å². The SMILES string of the molecule is CC/C=C\C/C=C\C/C=C\C/C=C\C/C=C\C/C=C\C/C=C\C/C=C\C/C=C\CCCCCC(=O)OCC(COC(=O)CCCCCCCC)OC(=O)CCCCCCCCCCCCCCCCCCCCCCCCCCC. The van der Waals surface area contributed by atoms with E-state index >= 15 is 0 Å². The number of allylic oxidation sites excluding steroid dienone is 18. The molecule has 0 amide bonds. The quantitative estimate of drug-likeness (QED) is 0.0261. The van der Waals surface area contributed by atoms with Gasteiger partial charge in [-0.2, -0.15) is 0 Å². The molecular weight excluding hydrogens is 985 g/mol. The average molecular weight is 1110 g/mol. The first-order valence-electron chi connectivity index (χ1n) is 33.9. The molecule has 6 heteroatoms. The van der Waals surface area contributed by atoms with Crippen LogP contribution in [-0.2, 0) is 28.6 Å². The Morgan fingerprint density at radius 3 is 0.762 bits per heavy atom. The van der Waals surface area contributed by atoms with Gasteiger partial charge in [0.1, 0.15) is 13.2 Å². The standard InChI is InChI=1S/C74H126O6/c1-4-7-10-13-16-18-20-22-24-26-28-30-32-34-35-36-37-38-39-41-42-44-46-48-50-52-54-56-58-61-64-67-73(76)79-70-71(69-78-72(75)66-63-60-15-12-9-6-3)80-74(77)68-65-62-59-57-55-53-51-49-47-45-43-40-33-31-29-27-25-23-21-19-17-14-11-8-5-2/h7,10,16,18,22,24,28,30,34-35,37-38,41-42,46,48,52,54,71H,4-6,8-9,11-15,17,19-21,23,25-27,29,31-33,36,39-40,43-45,47,49-51,53,55-70H2,1-3H3/b10-7-,18-16-,24-22-,30-28-,35-34-,38-37-,42-41-,48-46-,54-52-. The monoisotopic (exact) mass is 1110 g/mol. The molecule has 0 aromatic carbocycles. The van der Waals surface area contributed by atoms with Gasteiger partial charge in [0.25, 0.3) is 0 Å². The van der Waals surface area contributed by atoms with E-state index in [4.69, 9.17) is 14.2 Å². The van der Waals surface area contributed by atoms with Crippen LogP contribution < -0.4 is 0 Å². The zero-order valence-corrected chi connectivity index (χ0v) is 52.6. The van der Waals surface area contributed by atoms with Crippen LogP contribution in [0.4, 0.5) is 0 Å². The van der Waals surface area contributed by atoms with Gasteiger partial charge in [0, 0.05) is 19.3 Å². The molecule has 0 bridgehead atoms. The summed E-state index contributed by atoms with van der Waals surface area (Å²) < 4.78 is 16.8. The minimum absolute atomic E-state index is 0.0868. The number of ether oxygens (including phenoxy) is 3.